The molecule has 0 spiro atoms. The highest BCUT2D eigenvalue weighted by Gasteiger charge is 2.25. The molecule has 2 aromatic rings. The van der Waals surface area contributed by atoms with Crippen molar-refractivity contribution in [3.8, 4) is 0 Å². The summed E-state index contributed by atoms with van der Waals surface area (Å²) in [5.41, 5.74) is 0.162. The molecule has 3 rings (SSSR count). The number of pyridine rings is 1. The number of piperidine rings is 1. The zero-order chi connectivity index (χ0) is 18.4. The SMILES string of the molecule is O=C(NCC(c1ccco1)N1CCCCC1)c1cccnc1SC(F)F. The Morgan fingerprint density at radius 2 is 2.08 bits per heavy atom. The zero-order valence-electron chi connectivity index (χ0n) is 14.2. The number of carbonyl (C=O) groups is 1. The summed E-state index contributed by atoms with van der Waals surface area (Å²) in [7, 11) is 0. The molecule has 1 N–H and O–H groups in total. The van der Waals surface area contributed by atoms with E-state index in [4.69, 9.17) is 4.42 Å². The van der Waals surface area contributed by atoms with Crippen molar-refractivity contribution in [2.45, 2.75) is 36.1 Å². The summed E-state index contributed by atoms with van der Waals surface area (Å²) in [6, 6.07) is 6.73. The molecule has 0 radical (unpaired) electrons. The van der Waals surface area contributed by atoms with Crippen molar-refractivity contribution in [2.24, 2.45) is 0 Å². The molecule has 2 aromatic heterocycles. The van der Waals surface area contributed by atoms with E-state index in [2.05, 4.69) is 15.2 Å². The van der Waals surface area contributed by atoms with Crippen LogP contribution in [0.15, 0.2) is 46.2 Å². The lowest BCUT2D eigenvalue weighted by Gasteiger charge is -2.33. The summed E-state index contributed by atoms with van der Waals surface area (Å²) in [4.78, 5) is 18.7. The third-order valence-corrected chi connectivity index (χ3v) is 5.10. The molecule has 1 amide bonds. The van der Waals surface area contributed by atoms with Gasteiger partial charge in [-0.1, -0.05) is 6.42 Å². The number of likely N-dealkylation sites (tertiary alicyclic amines) is 1. The van der Waals surface area contributed by atoms with Crippen molar-refractivity contribution in [1.29, 1.82) is 0 Å². The maximum Gasteiger partial charge on any atom is 0.290 e. The van der Waals surface area contributed by atoms with Crippen molar-refractivity contribution in [2.75, 3.05) is 19.6 Å². The van der Waals surface area contributed by atoms with Crippen LogP contribution in [0.1, 0.15) is 41.4 Å². The average molecular weight is 381 g/mol. The molecule has 140 valence electrons. The van der Waals surface area contributed by atoms with Gasteiger partial charge in [0, 0.05) is 12.7 Å². The number of carbonyl (C=O) groups excluding carboxylic acids is 1. The van der Waals surface area contributed by atoms with Crippen molar-refractivity contribution in [1.82, 2.24) is 15.2 Å². The van der Waals surface area contributed by atoms with Gasteiger partial charge in [0.05, 0.1) is 17.9 Å². The molecule has 0 saturated carbocycles. The fourth-order valence-electron chi connectivity index (χ4n) is 3.15. The number of aromatic nitrogens is 1. The predicted octanol–water partition coefficient (Wildman–Crippen LogP) is 3.95. The van der Waals surface area contributed by atoms with Gasteiger partial charge in [-0.05, 0) is 62.0 Å². The van der Waals surface area contributed by atoms with E-state index in [0.717, 1.165) is 31.7 Å². The zero-order valence-corrected chi connectivity index (χ0v) is 15.1. The predicted molar refractivity (Wildman–Crippen MR) is 95.3 cm³/mol. The molecule has 3 heterocycles. The molecule has 1 unspecified atom stereocenters. The number of hydrogen-bond acceptors (Lipinski definition) is 5. The second-order valence-corrected chi connectivity index (χ2v) is 7.05. The van der Waals surface area contributed by atoms with Crippen LogP contribution in [0.3, 0.4) is 0 Å². The minimum absolute atomic E-state index is 0.0347. The molecular formula is C18H21F2N3O2S. The molecule has 0 bridgehead atoms. The van der Waals surface area contributed by atoms with E-state index in [1.54, 1.807) is 12.3 Å². The average Bonchev–Trinajstić information content (AvgIpc) is 3.17. The second-order valence-electron chi connectivity index (χ2n) is 6.07. The van der Waals surface area contributed by atoms with Gasteiger partial charge in [0.25, 0.3) is 11.7 Å². The van der Waals surface area contributed by atoms with Crippen molar-refractivity contribution >= 4 is 17.7 Å². The quantitative estimate of drug-likeness (QED) is 0.736. The van der Waals surface area contributed by atoms with Gasteiger partial charge in [0.15, 0.2) is 0 Å². The molecule has 1 atom stereocenters. The number of furan rings is 1. The molecular weight excluding hydrogens is 360 g/mol. The molecule has 1 saturated heterocycles. The largest absolute Gasteiger partial charge is 0.468 e. The van der Waals surface area contributed by atoms with E-state index in [1.165, 1.54) is 18.7 Å². The number of hydrogen-bond donors (Lipinski definition) is 1. The smallest absolute Gasteiger partial charge is 0.290 e. The number of rotatable bonds is 7. The Morgan fingerprint density at radius 1 is 1.27 bits per heavy atom. The fourth-order valence-corrected chi connectivity index (χ4v) is 3.73. The Hall–Kier alpha value is -1.93. The summed E-state index contributed by atoms with van der Waals surface area (Å²) in [5, 5.41) is 2.89. The van der Waals surface area contributed by atoms with Gasteiger partial charge in [-0.25, -0.2) is 4.98 Å². The van der Waals surface area contributed by atoms with Crippen molar-refractivity contribution in [3.63, 3.8) is 0 Å². The van der Waals surface area contributed by atoms with Crippen LogP contribution in [0.25, 0.3) is 0 Å². The van der Waals surface area contributed by atoms with Crippen LogP contribution in [0.4, 0.5) is 8.78 Å². The summed E-state index contributed by atoms with van der Waals surface area (Å²) in [6.07, 6.45) is 6.46. The first kappa shape index (κ1) is 18.8. The van der Waals surface area contributed by atoms with Gasteiger partial charge in [-0.2, -0.15) is 8.78 Å². The monoisotopic (exact) mass is 381 g/mol. The number of thioether (sulfide) groups is 1. The molecule has 5 nitrogen and oxygen atoms in total. The van der Waals surface area contributed by atoms with Crippen molar-refractivity contribution < 1.29 is 18.0 Å². The lowest BCUT2D eigenvalue weighted by atomic mass is 10.1. The topological polar surface area (TPSA) is 58.4 Å². The van der Waals surface area contributed by atoms with Gasteiger partial charge in [-0.3, -0.25) is 9.69 Å². The van der Waals surface area contributed by atoms with Gasteiger partial charge < -0.3 is 9.73 Å². The van der Waals surface area contributed by atoms with Crippen LogP contribution in [-0.4, -0.2) is 41.2 Å². The van der Waals surface area contributed by atoms with Crippen LogP contribution in [0, 0.1) is 0 Å². The number of amides is 1. The molecule has 1 fully saturated rings. The van der Waals surface area contributed by atoms with E-state index in [9.17, 15) is 13.6 Å². The highest BCUT2D eigenvalue weighted by molar-refractivity contribution is 7.99. The Labute approximate surface area is 155 Å². The maximum absolute atomic E-state index is 12.7. The standard InChI is InChI=1S/C18H21F2N3O2S/c19-18(20)26-17-13(6-4-8-21-17)16(24)22-12-14(15-7-5-11-25-15)23-9-2-1-3-10-23/h4-8,11,14,18H,1-3,9-10,12H2,(H,22,24). The van der Waals surface area contributed by atoms with Gasteiger partial charge in [0.1, 0.15) is 10.8 Å². The van der Waals surface area contributed by atoms with E-state index in [1.807, 2.05) is 12.1 Å². The first-order valence-corrected chi connectivity index (χ1v) is 9.48. The highest BCUT2D eigenvalue weighted by Crippen LogP contribution is 2.27. The van der Waals surface area contributed by atoms with Crippen LogP contribution >= 0.6 is 11.8 Å². The molecule has 8 heteroatoms. The van der Waals surface area contributed by atoms with Gasteiger partial charge >= 0.3 is 0 Å². The van der Waals surface area contributed by atoms with Crippen LogP contribution < -0.4 is 5.32 Å². The summed E-state index contributed by atoms with van der Waals surface area (Å²) >= 11 is 0.279. The summed E-state index contributed by atoms with van der Waals surface area (Å²) in [6.45, 7) is 2.24. The second kappa shape index (κ2) is 9.14. The van der Waals surface area contributed by atoms with Crippen LogP contribution in [0.2, 0.25) is 0 Å². The Morgan fingerprint density at radius 3 is 2.77 bits per heavy atom. The first-order chi connectivity index (χ1) is 12.6. The molecule has 1 aliphatic heterocycles. The number of nitrogens with one attached hydrogen (secondary N) is 1. The minimum atomic E-state index is -2.62. The van der Waals surface area contributed by atoms with Gasteiger partial charge in [0.2, 0.25) is 0 Å². The molecule has 0 aliphatic carbocycles. The van der Waals surface area contributed by atoms with E-state index >= 15 is 0 Å². The number of nitrogens with zero attached hydrogens (tertiary/aromatic N) is 2. The van der Waals surface area contributed by atoms with E-state index in [0.29, 0.717) is 6.54 Å². The Bertz CT molecular complexity index is 706. The van der Waals surface area contributed by atoms with E-state index in [-0.39, 0.29) is 28.4 Å². The van der Waals surface area contributed by atoms with Gasteiger partial charge in [-0.15, -0.1) is 0 Å². The Balaban J connectivity index is 1.70. The fraction of sp³-hybridized carbons (Fsp3) is 0.444. The third kappa shape index (κ3) is 4.82. The third-order valence-electron chi connectivity index (χ3n) is 4.38. The summed E-state index contributed by atoms with van der Waals surface area (Å²) in [5.74, 6) is -2.24. The normalized spacial score (nSPS) is 16.6. The number of alkyl halides is 2. The molecule has 26 heavy (non-hydrogen) atoms. The molecule has 0 aromatic carbocycles. The van der Waals surface area contributed by atoms with Crippen LogP contribution in [0.5, 0.6) is 0 Å². The minimum Gasteiger partial charge on any atom is -0.468 e. The summed E-state index contributed by atoms with van der Waals surface area (Å²) < 4.78 is 30.9. The first-order valence-electron chi connectivity index (χ1n) is 8.60. The van der Waals surface area contributed by atoms with E-state index < -0.39 is 11.7 Å². The Kier molecular flexibility index (Phi) is 6.62. The van der Waals surface area contributed by atoms with Crippen LogP contribution in [-0.2, 0) is 0 Å². The number of halogens is 2. The van der Waals surface area contributed by atoms with Crippen molar-refractivity contribution in [3.05, 3.63) is 48.0 Å². The maximum atomic E-state index is 12.7. The lowest BCUT2D eigenvalue weighted by Crippen LogP contribution is -2.40. The lowest BCUT2D eigenvalue weighted by molar-refractivity contribution is 0.0910. The highest BCUT2D eigenvalue weighted by atomic mass is 32.2. The molecule has 1 aliphatic rings.